The lowest BCUT2D eigenvalue weighted by Crippen LogP contribution is -2.19. The Morgan fingerprint density at radius 2 is 2.06 bits per heavy atom. The van der Waals surface area contributed by atoms with Gasteiger partial charge in [0.05, 0.1) is 17.7 Å². The van der Waals surface area contributed by atoms with Crippen LogP contribution in [0.2, 0.25) is 5.02 Å². The number of rotatable bonds is 7. The molecule has 0 aliphatic heterocycles. The third kappa shape index (κ3) is 5.19. The number of nitrogens with zero attached hydrogens (tertiary/aromatic N) is 5. The molecule has 2 aromatic carbocycles. The number of thioether (sulfide) groups is 1. The van der Waals surface area contributed by atoms with Crippen LogP contribution in [0.1, 0.15) is 11.3 Å². The molecule has 0 aliphatic rings. The quantitative estimate of drug-likeness (QED) is 0.257. The lowest BCUT2D eigenvalue weighted by molar-refractivity contribution is -0.118. The number of amides is 1. The summed E-state index contributed by atoms with van der Waals surface area (Å²) in [6.07, 6.45) is 1.44. The van der Waals surface area contributed by atoms with E-state index in [0.29, 0.717) is 21.7 Å². The zero-order valence-corrected chi connectivity index (χ0v) is 18.0. The van der Waals surface area contributed by atoms with E-state index in [0.717, 1.165) is 16.8 Å². The first kappa shape index (κ1) is 20.8. The van der Waals surface area contributed by atoms with Crippen LogP contribution in [0, 0.1) is 6.92 Å². The third-order valence-electron chi connectivity index (χ3n) is 4.24. The van der Waals surface area contributed by atoms with Crippen molar-refractivity contribution in [2.45, 2.75) is 12.1 Å². The van der Waals surface area contributed by atoms with E-state index in [2.05, 4.69) is 26.1 Å². The first-order chi connectivity index (χ1) is 15.1. The van der Waals surface area contributed by atoms with Crippen molar-refractivity contribution in [3.8, 4) is 17.0 Å². The van der Waals surface area contributed by atoms with Gasteiger partial charge in [0.2, 0.25) is 5.16 Å². The second-order valence-electron chi connectivity index (χ2n) is 6.46. The summed E-state index contributed by atoms with van der Waals surface area (Å²) in [6, 6.07) is 18.7. The largest absolute Gasteiger partial charge is 0.455 e. The monoisotopic (exact) mass is 452 g/mol. The molecule has 0 saturated heterocycles. The summed E-state index contributed by atoms with van der Waals surface area (Å²) in [7, 11) is 0. The molecule has 4 aromatic rings. The van der Waals surface area contributed by atoms with Crippen LogP contribution in [0.15, 0.2) is 75.3 Å². The normalized spacial score (nSPS) is 11.2. The summed E-state index contributed by atoms with van der Waals surface area (Å²) in [4.78, 5) is 12.1. The number of aryl methyl sites for hydroxylation is 1. The van der Waals surface area contributed by atoms with Crippen molar-refractivity contribution in [3.05, 3.63) is 77.0 Å². The fourth-order valence-corrected chi connectivity index (χ4v) is 3.52. The highest BCUT2D eigenvalue weighted by Crippen LogP contribution is 2.26. The first-order valence-corrected chi connectivity index (χ1v) is 10.6. The maximum Gasteiger partial charge on any atom is 0.250 e. The minimum absolute atomic E-state index is 0.107. The molecular formula is C21H17ClN6O2S. The third-order valence-corrected chi connectivity index (χ3v) is 5.56. The SMILES string of the molecule is Cc1ccc(-c2ccc(/C=N/NC(=O)CSc3nnnn3-c3ccccc3)o2)cc1Cl. The lowest BCUT2D eigenvalue weighted by atomic mass is 10.1. The molecular weight excluding hydrogens is 436 g/mol. The van der Waals surface area contributed by atoms with Gasteiger partial charge >= 0.3 is 0 Å². The van der Waals surface area contributed by atoms with E-state index in [1.807, 2.05) is 61.5 Å². The van der Waals surface area contributed by atoms with Crippen LogP contribution >= 0.6 is 23.4 Å². The maximum atomic E-state index is 12.1. The Hall–Kier alpha value is -3.43. The summed E-state index contributed by atoms with van der Waals surface area (Å²) >= 11 is 7.38. The molecule has 0 radical (unpaired) electrons. The lowest BCUT2D eigenvalue weighted by Gasteiger charge is -2.03. The molecule has 8 nitrogen and oxygen atoms in total. The topological polar surface area (TPSA) is 98.2 Å². The summed E-state index contributed by atoms with van der Waals surface area (Å²) in [5.74, 6) is 0.988. The second-order valence-corrected chi connectivity index (χ2v) is 7.81. The van der Waals surface area contributed by atoms with E-state index in [9.17, 15) is 4.79 Å². The Balaban J connectivity index is 1.31. The highest BCUT2D eigenvalue weighted by atomic mass is 35.5. The molecule has 1 amide bonds. The van der Waals surface area contributed by atoms with Crippen LogP contribution in [0.25, 0.3) is 17.0 Å². The number of hydrazone groups is 1. The molecule has 0 bridgehead atoms. The number of halogens is 1. The Morgan fingerprint density at radius 3 is 2.87 bits per heavy atom. The Bertz CT molecular complexity index is 1220. The molecule has 10 heteroatoms. The van der Waals surface area contributed by atoms with E-state index in [4.69, 9.17) is 16.0 Å². The molecule has 4 rings (SSSR count). The molecule has 0 saturated carbocycles. The van der Waals surface area contributed by atoms with Gasteiger partial charge in [-0.3, -0.25) is 4.79 Å². The summed E-state index contributed by atoms with van der Waals surface area (Å²) in [5, 5.41) is 16.7. The van der Waals surface area contributed by atoms with Crippen LogP contribution in [-0.4, -0.2) is 38.1 Å². The van der Waals surface area contributed by atoms with Gasteiger partial charge in [-0.05, 0) is 53.2 Å². The van der Waals surface area contributed by atoms with Crippen molar-refractivity contribution < 1.29 is 9.21 Å². The van der Waals surface area contributed by atoms with E-state index in [1.165, 1.54) is 18.0 Å². The van der Waals surface area contributed by atoms with Crippen molar-refractivity contribution in [2.75, 3.05) is 5.75 Å². The van der Waals surface area contributed by atoms with E-state index < -0.39 is 0 Å². The number of nitrogens with one attached hydrogen (secondary N) is 1. The van der Waals surface area contributed by atoms with Gasteiger partial charge in [-0.2, -0.15) is 9.78 Å². The fraction of sp³-hybridized carbons (Fsp3) is 0.0952. The fourth-order valence-electron chi connectivity index (χ4n) is 2.65. The molecule has 156 valence electrons. The average Bonchev–Trinajstić information content (AvgIpc) is 3.44. The van der Waals surface area contributed by atoms with Crippen LogP contribution in [-0.2, 0) is 4.79 Å². The van der Waals surface area contributed by atoms with E-state index >= 15 is 0 Å². The van der Waals surface area contributed by atoms with Gasteiger partial charge < -0.3 is 4.42 Å². The molecule has 0 unspecified atom stereocenters. The molecule has 0 spiro atoms. The number of hydrogen-bond acceptors (Lipinski definition) is 7. The van der Waals surface area contributed by atoms with Crippen LogP contribution in [0.4, 0.5) is 0 Å². The molecule has 31 heavy (non-hydrogen) atoms. The number of hydrogen-bond donors (Lipinski definition) is 1. The summed E-state index contributed by atoms with van der Waals surface area (Å²) in [6.45, 7) is 1.94. The maximum absolute atomic E-state index is 12.1. The number of furan rings is 1. The predicted molar refractivity (Wildman–Crippen MR) is 120 cm³/mol. The first-order valence-electron chi connectivity index (χ1n) is 9.25. The van der Waals surface area contributed by atoms with Crippen molar-refractivity contribution >= 4 is 35.5 Å². The number of carbonyl (C=O) groups excluding carboxylic acids is 1. The predicted octanol–water partition coefficient (Wildman–Crippen LogP) is 4.13. The van der Waals surface area contributed by atoms with Crippen molar-refractivity contribution in [2.24, 2.45) is 5.10 Å². The molecule has 2 aromatic heterocycles. The van der Waals surface area contributed by atoms with Gasteiger partial charge in [-0.1, -0.05) is 53.7 Å². The van der Waals surface area contributed by atoms with Gasteiger partial charge in [0.15, 0.2) is 0 Å². The number of para-hydroxylation sites is 1. The van der Waals surface area contributed by atoms with Gasteiger partial charge in [0.1, 0.15) is 11.5 Å². The number of tetrazole rings is 1. The summed E-state index contributed by atoms with van der Waals surface area (Å²) in [5.41, 5.74) is 5.15. The standard InChI is InChI=1S/C21H17ClN6O2S/c1-14-7-8-15(11-18(14)22)19-10-9-17(30-19)12-23-24-20(29)13-31-21-25-26-27-28(21)16-5-3-2-4-6-16/h2-12H,13H2,1H3,(H,24,29)/b23-12+. The zero-order chi connectivity index (χ0) is 21.6. The van der Waals surface area contributed by atoms with Crippen molar-refractivity contribution in [1.82, 2.24) is 25.6 Å². The minimum atomic E-state index is -0.291. The van der Waals surface area contributed by atoms with Crippen molar-refractivity contribution in [3.63, 3.8) is 0 Å². The zero-order valence-electron chi connectivity index (χ0n) is 16.4. The van der Waals surface area contributed by atoms with Crippen LogP contribution in [0.3, 0.4) is 0 Å². The number of aromatic nitrogens is 4. The van der Waals surface area contributed by atoms with Gasteiger partial charge in [-0.15, -0.1) is 5.10 Å². The minimum Gasteiger partial charge on any atom is -0.455 e. The van der Waals surface area contributed by atoms with E-state index in [1.54, 1.807) is 10.7 Å². The Morgan fingerprint density at radius 1 is 1.23 bits per heavy atom. The van der Waals surface area contributed by atoms with Crippen LogP contribution < -0.4 is 5.43 Å². The summed E-state index contributed by atoms with van der Waals surface area (Å²) < 4.78 is 7.31. The number of benzene rings is 2. The molecule has 0 atom stereocenters. The highest BCUT2D eigenvalue weighted by Gasteiger charge is 2.11. The van der Waals surface area contributed by atoms with E-state index in [-0.39, 0.29) is 11.7 Å². The van der Waals surface area contributed by atoms with Gasteiger partial charge in [0.25, 0.3) is 5.91 Å². The molecule has 2 heterocycles. The average molecular weight is 453 g/mol. The molecule has 0 fully saturated rings. The van der Waals surface area contributed by atoms with Gasteiger partial charge in [-0.25, -0.2) is 5.43 Å². The van der Waals surface area contributed by atoms with Gasteiger partial charge in [0, 0.05) is 10.6 Å². The molecule has 0 aliphatic carbocycles. The Labute approximate surface area is 187 Å². The smallest absolute Gasteiger partial charge is 0.250 e. The Kier molecular flexibility index (Phi) is 6.44. The second kappa shape index (κ2) is 9.59. The highest BCUT2D eigenvalue weighted by molar-refractivity contribution is 7.99. The van der Waals surface area contributed by atoms with Crippen molar-refractivity contribution in [1.29, 1.82) is 0 Å². The molecule has 1 N–H and O–H groups in total. The number of carbonyl (C=O) groups is 1. The van der Waals surface area contributed by atoms with Crippen LogP contribution in [0.5, 0.6) is 0 Å².